The first-order chi connectivity index (χ1) is 13.4. The van der Waals surface area contributed by atoms with Gasteiger partial charge in [0, 0.05) is 23.7 Å². The number of nitrogens with one attached hydrogen (secondary N) is 4. The smallest absolute Gasteiger partial charge is 0.269 e. The number of hydrogen-bond acceptors (Lipinski definition) is 5. The van der Waals surface area contributed by atoms with Crippen LogP contribution in [0.2, 0.25) is 0 Å². The molecule has 3 amide bonds. The third kappa shape index (κ3) is 6.69. The fourth-order valence-electron chi connectivity index (χ4n) is 2.03. The number of anilines is 1. The average molecular weight is 400 g/mol. The van der Waals surface area contributed by atoms with Gasteiger partial charge in [0.05, 0.1) is 0 Å². The Morgan fingerprint density at radius 3 is 2.39 bits per heavy atom. The number of thiocarbonyl (C=S) groups is 1. The number of carbonyl (C=O) groups excluding carboxylic acids is 3. The molecule has 0 saturated carbocycles. The quantitative estimate of drug-likeness (QED) is 0.348. The van der Waals surface area contributed by atoms with Crippen LogP contribution in [0.3, 0.4) is 0 Å². The predicted molar refractivity (Wildman–Crippen MR) is 109 cm³/mol. The maximum atomic E-state index is 12.1. The molecule has 0 bridgehead atoms. The summed E-state index contributed by atoms with van der Waals surface area (Å²) in [6.45, 7) is 3.55. The van der Waals surface area contributed by atoms with Gasteiger partial charge in [0.25, 0.3) is 5.91 Å². The highest BCUT2D eigenvalue weighted by Gasteiger charge is 2.07. The topological polar surface area (TPSA) is 112 Å². The van der Waals surface area contributed by atoms with E-state index in [1.165, 1.54) is 12.2 Å². The van der Waals surface area contributed by atoms with E-state index in [1.807, 2.05) is 0 Å². The second kappa shape index (κ2) is 10.0. The molecule has 0 fully saturated rings. The van der Waals surface area contributed by atoms with Gasteiger partial charge in [-0.05, 0) is 61.6 Å². The molecule has 0 radical (unpaired) electrons. The fraction of sp³-hybridized carbons (Fsp3) is 0.158. The van der Waals surface area contributed by atoms with Crippen LogP contribution in [0.4, 0.5) is 5.69 Å². The van der Waals surface area contributed by atoms with Gasteiger partial charge < -0.3 is 9.73 Å². The number of rotatable bonds is 5. The first-order valence-corrected chi connectivity index (χ1v) is 8.84. The molecule has 0 saturated heterocycles. The molecule has 4 N–H and O–H groups in total. The summed E-state index contributed by atoms with van der Waals surface area (Å²) < 4.78 is 5.31. The Labute approximate surface area is 167 Å². The molecular formula is C19H20N4O4S. The minimum absolute atomic E-state index is 0.0644. The molecular weight excluding hydrogens is 380 g/mol. The molecule has 1 aromatic carbocycles. The number of hydrazine groups is 1. The molecule has 1 heterocycles. The zero-order valence-corrected chi connectivity index (χ0v) is 16.2. The molecule has 0 aliphatic carbocycles. The van der Waals surface area contributed by atoms with Gasteiger partial charge in [-0.15, -0.1) is 0 Å². The Morgan fingerprint density at radius 2 is 1.79 bits per heavy atom. The standard InChI is InChI=1S/C19H20N4O4S/c1-3-16(24)20-14-7-5-13(6-8-14)18(26)22-23-19(28)21-17(25)11-10-15-9-4-12(2)27-15/h4-11H,3H2,1-2H3,(H,20,24)(H,22,26)(H2,21,23,25,28)/b11-10+. The van der Waals surface area contributed by atoms with E-state index >= 15 is 0 Å². The lowest BCUT2D eigenvalue weighted by atomic mass is 10.2. The Bertz CT molecular complexity index is 903. The zero-order chi connectivity index (χ0) is 20.5. The first kappa shape index (κ1) is 20.8. The molecule has 0 unspecified atom stereocenters. The van der Waals surface area contributed by atoms with Crippen molar-refractivity contribution in [3.8, 4) is 0 Å². The third-order valence-corrected chi connectivity index (χ3v) is 3.64. The maximum absolute atomic E-state index is 12.1. The molecule has 28 heavy (non-hydrogen) atoms. The summed E-state index contributed by atoms with van der Waals surface area (Å²) in [4.78, 5) is 35.2. The number of benzene rings is 1. The van der Waals surface area contributed by atoms with Crippen LogP contribution in [0.1, 0.15) is 35.2 Å². The lowest BCUT2D eigenvalue weighted by molar-refractivity contribution is -0.116. The summed E-state index contributed by atoms with van der Waals surface area (Å²) >= 11 is 4.95. The Kier molecular flexibility index (Phi) is 7.46. The highest BCUT2D eigenvalue weighted by molar-refractivity contribution is 7.80. The Balaban J connectivity index is 1.78. The Morgan fingerprint density at radius 1 is 1.07 bits per heavy atom. The molecule has 9 heteroatoms. The van der Waals surface area contributed by atoms with Gasteiger partial charge in [-0.25, -0.2) is 0 Å². The van der Waals surface area contributed by atoms with Gasteiger partial charge in [-0.2, -0.15) is 0 Å². The van der Waals surface area contributed by atoms with Crippen molar-refractivity contribution in [2.24, 2.45) is 0 Å². The fourth-order valence-corrected chi connectivity index (χ4v) is 2.18. The predicted octanol–water partition coefficient (Wildman–Crippen LogP) is 2.29. The zero-order valence-electron chi connectivity index (χ0n) is 15.4. The van der Waals surface area contributed by atoms with E-state index in [0.29, 0.717) is 23.4 Å². The van der Waals surface area contributed by atoms with Crippen LogP contribution in [0.15, 0.2) is 46.9 Å². The van der Waals surface area contributed by atoms with Gasteiger partial charge in [0.15, 0.2) is 5.11 Å². The van der Waals surface area contributed by atoms with Crippen LogP contribution in [0.5, 0.6) is 0 Å². The number of hydrogen-bond donors (Lipinski definition) is 4. The normalized spacial score (nSPS) is 10.4. The van der Waals surface area contributed by atoms with E-state index in [0.717, 1.165) is 5.76 Å². The molecule has 0 atom stereocenters. The minimum atomic E-state index is -0.475. The SMILES string of the molecule is CCC(=O)Nc1ccc(C(=O)NNC(=S)NC(=O)/C=C/c2ccc(C)o2)cc1. The second-order valence-corrected chi connectivity index (χ2v) is 6.07. The third-order valence-electron chi connectivity index (χ3n) is 3.44. The second-order valence-electron chi connectivity index (χ2n) is 5.66. The van der Waals surface area contributed by atoms with Crippen LogP contribution >= 0.6 is 12.2 Å². The average Bonchev–Trinajstić information content (AvgIpc) is 3.10. The van der Waals surface area contributed by atoms with E-state index in [4.69, 9.17) is 16.6 Å². The number of aryl methyl sites for hydroxylation is 1. The minimum Gasteiger partial charge on any atom is -0.462 e. The molecule has 2 aromatic rings. The van der Waals surface area contributed by atoms with Crippen LogP contribution < -0.4 is 21.5 Å². The highest BCUT2D eigenvalue weighted by atomic mass is 32.1. The van der Waals surface area contributed by atoms with Crippen LogP contribution in [0, 0.1) is 6.92 Å². The summed E-state index contributed by atoms with van der Waals surface area (Å²) in [6, 6.07) is 9.85. The van der Waals surface area contributed by atoms with Gasteiger partial charge in [0.2, 0.25) is 11.8 Å². The van der Waals surface area contributed by atoms with E-state index in [9.17, 15) is 14.4 Å². The van der Waals surface area contributed by atoms with Gasteiger partial charge in [-0.1, -0.05) is 6.92 Å². The van der Waals surface area contributed by atoms with Crippen molar-refractivity contribution >= 4 is 46.8 Å². The number of amides is 3. The molecule has 1 aromatic heterocycles. The summed E-state index contributed by atoms with van der Waals surface area (Å²) in [6.07, 6.45) is 3.13. The van der Waals surface area contributed by atoms with Crippen molar-refractivity contribution in [1.29, 1.82) is 0 Å². The highest BCUT2D eigenvalue weighted by Crippen LogP contribution is 2.10. The summed E-state index contributed by atoms with van der Waals surface area (Å²) in [5.74, 6) is 0.235. The van der Waals surface area contributed by atoms with Gasteiger partial charge >= 0.3 is 0 Å². The molecule has 146 valence electrons. The van der Waals surface area contributed by atoms with Crippen molar-refractivity contribution in [1.82, 2.24) is 16.2 Å². The molecule has 2 rings (SSSR count). The number of carbonyl (C=O) groups is 3. The monoisotopic (exact) mass is 400 g/mol. The largest absolute Gasteiger partial charge is 0.462 e. The summed E-state index contributed by atoms with van der Waals surface area (Å²) in [7, 11) is 0. The van der Waals surface area contributed by atoms with E-state index in [1.54, 1.807) is 50.2 Å². The van der Waals surface area contributed by atoms with E-state index < -0.39 is 11.8 Å². The van der Waals surface area contributed by atoms with Crippen molar-refractivity contribution in [3.05, 3.63) is 59.6 Å². The molecule has 8 nitrogen and oxygen atoms in total. The summed E-state index contributed by atoms with van der Waals surface area (Å²) in [5.41, 5.74) is 5.77. The lowest BCUT2D eigenvalue weighted by Crippen LogP contribution is -2.48. The van der Waals surface area contributed by atoms with Gasteiger partial charge in [-0.3, -0.25) is 30.6 Å². The van der Waals surface area contributed by atoms with Gasteiger partial charge in [0.1, 0.15) is 11.5 Å². The van der Waals surface area contributed by atoms with Crippen molar-refractivity contribution in [2.45, 2.75) is 20.3 Å². The first-order valence-electron chi connectivity index (χ1n) is 8.43. The van der Waals surface area contributed by atoms with Crippen molar-refractivity contribution < 1.29 is 18.8 Å². The maximum Gasteiger partial charge on any atom is 0.269 e. The number of furan rings is 1. The van der Waals surface area contributed by atoms with E-state index in [-0.39, 0.29) is 11.0 Å². The molecule has 0 spiro atoms. The molecule has 0 aliphatic rings. The Hall–Kier alpha value is -3.46. The van der Waals surface area contributed by atoms with Crippen molar-refractivity contribution in [3.63, 3.8) is 0 Å². The van der Waals surface area contributed by atoms with Crippen LogP contribution in [0.25, 0.3) is 6.08 Å². The van der Waals surface area contributed by atoms with E-state index in [2.05, 4.69) is 21.5 Å². The molecule has 0 aliphatic heterocycles. The van der Waals surface area contributed by atoms with Crippen molar-refractivity contribution in [2.75, 3.05) is 5.32 Å². The lowest BCUT2D eigenvalue weighted by Gasteiger charge is -2.10. The van der Waals surface area contributed by atoms with Crippen LogP contribution in [-0.4, -0.2) is 22.8 Å². The summed E-state index contributed by atoms with van der Waals surface area (Å²) in [5, 5.41) is 5.01. The van der Waals surface area contributed by atoms with Crippen LogP contribution in [-0.2, 0) is 9.59 Å².